The van der Waals surface area contributed by atoms with Crippen molar-refractivity contribution in [1.82, 2.24) is 0 Å². The van der Waals surface area contributed by atoms with Gasteiger partial charge >= 0.3 is 0 Å². The van der Waals surface area contributed by atoms with Crippen LogP contribution in [0.5, 0.6) is 0 Å². The number of nitrogens with one attached hydrogen (secondary N) is 1. The zero-order valence-corrected chi connectivity index (χ0v) is 13.2. The Hall–Kier alpha value is -1.29. The molecule has 104 valence electrons. The minimum absolute atomic E-state index is 0.0722. The normalized spacial score (nSPS) is 11.9. The molecule has 2 aromatic rings. The van der Waals surface area contributed by atoms with Crippen LogP contribution < -0.4 is 11.1 Å². The number of nitrogens with two attached hydrogens (primary N) is 1. The Balaban J connectivity index is 2.28. The molecule has 0 bridgehead atoms. The number of thiocarbonyl (C=S) groups is 1. The molecule has 0 fully saturated rings. The molecule has 3 N–H and O–H groups in total. The minimum Gasteiger partial charge on any atom is -0.389 e. The predicted octanol–water partition coefficient (Wildman–Crippen LogP) is 4.80. The third-order valence-electron chi connectivity index (χ3n) is 2.97. The molecule has 20 heavy (non-hydrogen) atoms. The second-order valence-electron chi connectivity index (χ2n) is 4.48. The molecule has 0 aromatic heterocycles. The smallest absolute Gasteiger partial charge is 0.106 e. The van der Waals surface area contributed by atoms with Gasteiger partial charge in [0.1, 0.15) is 4.99 Å². The van der Waals surface area contributed by atoms with Crippen LogP contribution in [0.4, 0.5) is 5.69 Å². The highest BCUT2D eigenvalue weighted by atomic mass is 35.5. The largest absolute Gasteiger partial charge is 0.389 e. The molecule has 0 amide bonds. The van der Waals surface area contributed by atoms with E-state index in [1.54, 1.807) is 12.1 Å². The highest BCUT2D eigenvalue weighted by Crippen LogP contribution is 2.26. The molecule has 1 atom stereocenters. The maximum Gasteiger partial charge on any atom is 0.106 e. The Morgan fingerprint density at radius 3 is 2.50 bits per heavy atom. The van der Waals surface area contributed by atoms with Crippen LogP contribution in [-0.4, -0.2) is 4.99 Å². The molecule has 2 aromatic carbocycles. The molecule has 0 saturated carbocycles. The van der Waals surface area contributed by atoms with E-state index < -0.39 is 0 Å². The second-order valence-corrected chi connectivity index (χ2v) is 5.79. The predicted molar refractivity (Wildman–Crippen MR) is 90.8 cm³/mol. The first kappa shape index (κ1) is 15.1. The van der Waals surface area contributed by atoms with Crippen molar-refractivity contribution >= 4 is 46.1 Å². The lowest BCUT2D eigenvalue weighted by Gasteiger charge is -2.18. The van der Waals surface area contributed by atoms with E-state index in [0.29, 0.717) is 15.0 Å². The number of hydrogen-bond acceptors (Lipinski definition) is 2. The van der Waals surface area contributed by atoms with E-state index in [1.807, 2.05) is 37.3 Å². The van der Waals surface area contributed by atoms with Crippen LogP contribution in [0.2, 0.25) is 10.0 Å². The molecule has 5 heteroatoms. The Kier molecular flexibility index (Phi) is 4.86. The highest BCUT2D eigenvalue weighted by molar-refractivity contribution is 7.80. The van der Waals surface area contributed by atoms with Gasteiger partial charge in [0.2, 0.25) is 0 Å². The molecule has 0 spiro atoms. The van der Waals surface area contributed by atoms with Crippen molar-refractivity contribution in [2.75, 3.05) is 5.32 Å². The van der Waals surface area contributed by atoms with Crippen LogP contribution in [0.25, 0.3) is 0 Å². The van der Waals surface area contributed by atoms with E-state index in [4.69, 9.17) is 41.2 Å². The van der Waals surface area contributed by atoms with Gasteiger partial charge in [-0.25, -0.2) is 0 Å². The summed E-state index contributed by atoms with van der Waals surface area (Å²) in [5.74, 6) is 0. The van der Waals surface area contributed by atoms with Gasteiger partial charge < -0.3 is 11.1 Å². The second kappa shape index (κ2) is 6.44. The Morgan fingerprint density at radius 1 is 1.15 bits per heavy atom. The Bertz CT molecular complexity index is 644. The molecule has 2 nitrogen and oxygen atoms in total. The zero-order valence-electron chi connectivity index (χ0n) is 10.9. The molecule has 0 aliphatic rings. The van der Waals surface area contributed by atoms with E-state index in [-0.39, 0.29) is 6.04 Å². The van der Waals surface area contributed by atoms with E-state index in [0.717, 1.165) is 16.8 Å². The van der Waals surface area contributed by atoms with Crippen LogP contribution in [0.3, 0.4) is 0 Å². The maximum atomic E-state index is 6.01. The highest BCUT2D eigenvalue weighted by Gasteiger charge is 2.11. The summed E-state index contributed by atoms with van der Waals surface area (Å²) in [6.07, 6.45) is 0. The molecule has 0 radical (unpaired) electrons. The van der Waals surface area contributed by atoms with Gasteiger partial charge in [-0.2, -0.15) is 0 Å². The fraction of sp³-hybridized carbons (Fsp3) is 0.133. The number of anilines is 1. The molecule has 0 aliphatic carbocycles. The average molecular weight is 325 g/mol. The SMILES string of the molecule is CC(Nc1ccc(Cl)cc1C(N)=S)c1cccc(Cl)c1. The summed E-state index contributed by atoms with van der Waals surface area (Å²) in [5, 5.41) is 4.69. The number of hydrogen-bond donors (Lipinski definition) is 2. The third kappa shape index (κ3) is 3.63. The number of benzene rings is 2. The van der Waals surface area contributed by atoms with Gasteiger partial charge in [-0.05, 0) is 42.8 Å². The number of halogens is 2. The standard InChI is InChI=1S/C15H14Cl2N2S/c1-9(10-3-2-4-11(16)7-10)19-14-6-5-12(17)8-13(14)15(18)20/h2-9,19H,1H3,(H2,18,20). The summed E-state index contributed by atoms with van der Waals surface area (Å²) in [7, 11) is 0. The van der Waals surface area contributed by atoms with E-state index in [1.165, 1.54) is 0 Å². The van der Waals surface area contributed by atoms with Crippen molar-refractivity contribution < 1.29 is 0 Å². The lowest BCUT2D eigenvalue weighted by Crippen LogP contribution is -2.15. The molecule has 0 heterocycles. The first-order valence-electron chi connectivity index (χ1n) is 6.08. The van der Waals surface area contributed by atoms with Gasteiger partial charge in [-0.15, -0.1) is 0 Å². The Morgan fingerprint density at radius 2 is 1.85 bits per heavy atom. The molecule has 1 unspecified atom stereocenters. The van der Waals surface area contributed by atoms with Crippen LogP contribution >= 0.6 is 35.4 Å². The van der Waals surface area contributed by atoms with Crippen molar-refractivity contribution in [3.8, 4) is 0 Å². The molecule has 2 rings (SSSR count). The first-order valence-corrected chi connectivity index (χ1v) is 7.25. The zero-order chi connectivity index (χ0) is 14.7. The van der Waals surface area contributed by atoms with E-state index in [9.17, 15) is 0 Å². The quantitative estimate of drug-likeness (QED) is 0.793. The van der Waals surface area contributed by atoms with Crippen molar-refractivity contribution in [3.05, 3.63) is 63.6 Å². The van der Waals surface area contributed by atoms with Crippen LogP contribution in [0.15, 0.2) is 42.5 Å². The first-order chi connectivity index (χ1) is 9.47. The van der Waals surface area contributed by atoms with E-state index >= 15 is 0 Å². The summed E-state index contributed by atoms with van der Waals surface area (Å²) in [6, 6.07) is 13.2. The summed E-state index contributed by atoms with van der Waals surface area (Å²) < 4.78 is 0. The molecular weight excluding hydrogens is 311 g/mol. The fourth-order valence-corrected chi connectivity index (χ4v) is 2.48. The minimum atomic E-state index is 0.0722. The summed E-state index contributed by atoms with van der Waals surface area (Å²) in [5.41, 5.74) is 8.41. The summed E-state index contributed by atoms with van der Waals surface area (Å²) in [6.45, 7) is 2.05. The molecule has 0 saturated heterocycles. The van der Waals surface area contributed by atoms with Gasteiger partial charge in [-0.1, -0.05) is 47.6 Å². The van der Waals surface area contributed by atoms with Crippen molar-refractivity contribution in [3.63, 3.8) is 0 Å². The molecular formula is C15H14Cl2N2S. The fourth-order valence-electron chi connectivity index (χ4n) is 1.94. The lowest BCUT2D eigenvalue weighted by atomic mass is 10.1. The van der Waals surface area contributed by atoms with Gasteiger partial charge in [0, 0.05) is 27.3 Å². The van der Waals surface area contributed by atoms with Crippen molar-refractivity contribution in [1.29, 1.82) is 0 Å². The topological polar surface area (TPSA) is 38.0 Å². The van der Waals surface area contributed by atoms with Crippen molar-refractivity contribution in [2.24, 2.45) is 5.73 Å². The van der Waals surface area contributed by atoms with Gasteiger partial charge in [-0.3, -0.25) is 0 Å². The average Bonchev–Trinajstić information content (AvgIpc) is 2.40. The monoisotopic (exact) mass is 324 g/mol. The van der Waals surface area contributed by atoms with Gasteiger partial charge in [0.15, 0.2) is 0 Å². The van der Waals surface area contributed by atoms with Gasteiger partial charge in [0.05, 0.1) is 0 Å². The van der Waals surface area contributed by atoms with E-state index in [2.05, 4.69) is 5.32 Å². The van der Waals surface area contributed by atoms with Crippen molar-refractivity contribution in [2.45, 2.75) is 13.0 Å². The van der Waals surface area contributed by atoms with Gasteiger partial charge in [0.25, 0.3) is 0 Å². The summed E-state index contributed by atoms with van der Waals surface area (Å²) >= 11 is 17.0. The van der Waals surface area contributed by atoms with Crippen LogP contribution in [0.1, 0.15) is 24.1 Å². The third-order valence-corrected chi connectivity index (χ3v) is 3.66. The summed E-state index contributed by atoms with van der Waals surface area (Å²) in [4.78, 5) is 0.313. The van der Waals surface area contributed by atoms with Crippen LogP contribution in [-0.2, 0) is 0 Å². The Labute approximate surface area is 133 Å². The maximum absolute atomic E-state index is 6.01. The van der Waals surface area contributed by atoms with Crippen LogP contribution in [0, 0.1) is 0 Å². The number of rotatable bonds is 4. The molecule has 0 aliphatic heterocycles. The lowest BCUT2D eigenvalue weighted by molar-refractivity contribution is 0.884.